The Morgan fingerprint density at radius 2 is 1.75 bits per heavy atom. The van der Waals surface area contributed by atoms with Gasteiger partial charge in [-0.3, -0.25) is 4.79 Å². The molecule has 0 N–H and O–H groups in total. The number of nitrogens with zero attached hydrogens (tertiary/aromatic N) is 2. The third-order valence-corrected chi connectivity index (χ3v) is 3.51. The molecule has 0 atom stereocenters. The fraction of sp³-hybridized carbons (Fsp3) is 0.211. The third-order valence-electron chi connectivity index (χ3n) is 3.51. The Balaban J connectivity index is 2.04. The number of ether oxygens (including phenoxy) is 1. The lowest BCUT2D eigenvalue weighted by atomic mass is 10.1. The molecule has 0 fully saturated rings. The summed E-state index contributed by atoms with van der Waals surface area (Å²) in [6.07, 6.45) is 0.201. The molecule has 2 rings (SSSR count). The summed E-state index contributed by atoms with van der Waals surface area (Å²) in [5, 5.41) is 8.77. The molecule has 24 heavy (non-hydrogen) atoms. The van der Waals surface area contributed by atoms with Crippen LogP contribution in [0.4, 0.5) is 5.69 Å². The molecular formula is C19H18N2O3. The van der Waals surface area contributed by atoms with Gasteiger partial charge in [0.05, 0.1) is 18.1 Å². The molecule has 0 bridgehead atoms. The molecule has 0 spiro atoms. The highest BCUT2D eigenvalue weighted by atomic mass is 16.5. The number of para-hydroxylation sites is 1. The molecule has 0 saturated carbocycles. The van der Waals surface area contributed by atoms with E-state index in [1.165, 1.54) is 4.90 Å². The smallest absolute Gasteiger partial charge is 0.338 e. The highest BCUT2D eigenvalue weighted by molar-refractivity contribution is 5.97. The van der Waals surface area contributed by atoms with Gasteiger partial charge in [0.1, 0.15) is 0 Å². The lowest BCUT2D eigenvalue weighted by Gasteiger charge is -2.21. The van der Waals surface area contributed by atoms with Crippen LogP contribution in [0, 0.1) is 18.3 Å². The van der Waals surface area contributed by atoms with E-state index in [1.54, 1.807) is 36.4 Å². The van der Waals surface area contributed by atoms with Crippen molar-refractivity contribution in [1.82, 2.24) is 0 Å². The first-order valence-corrected chi connectivity index (χ1v) is 7.58. The topological polar surface area (TPSA) is 70.4 Å². The predicted octanol–water partition coefficient (Wildman–Crippen LogP) is 3.10. The van der Waals surface area contributed by atoms with E-state index in [0.29, 0.717) is 11.3 Å². The summed E-state index contributed by atoms with van der Waals surface area (Å²) in [6.45, 7) is 1.69. The van der Waals surface area contributed by atoms with Gasteiger partial charge in [0, 0.05) is 12.2 Å². The quantitative estimate of drug-likeness (QED) is 0.766. The monoisotopic (exact) mass is 322 g/mol. The van der Waals surface area contributed by atoms with Crippen LogP contribution >= 0.6 is 0 Å². The number of hydrogen-bond acceptors (Lipinski definition) is 4. The molecule has 0 saturated heterocycles. The average molecular weight is 322 g/mol. The van der Waals surface area contributed by atoms with Gasteiger partial charge < -0.3 is 9.64 Å². The zero-order chi connectivity index (χ0) is 17.4. The highest BCUT2D eigenvalue weighted by Gasteiger charge is 2.18. The molecule has 0 heterocycles. The first-order chi connectivity index (χ1) is 11.6. The molecule has 5 nitrogen and oxygen atoms in total. The number of amides is 1. The second-order valence-corrected chi connectivity index (χ2v) is 5.18. The summed E-state index contributed by atoms with van der Waals surface area (Å²) >= 11 is 0. The zero-order valence-corrected chi connectivity index (χ0v) is 13.4. The van der Waals surface area contributed by atoms with Crippen LogP contribution in [-0.2, 0) is 9.53 Å². The van der Waals surface area contributed by atoms with E-state index in [4.69, 9.17) is 10.00 Å². The largest absolute Gasteiger partial charge is 0.452 e. The fourth-order valence-corrected chi connectivity index (χ4v) is 2.25. The fourth-order valence-electron chi connectivity index (χ4n) is 2.25. The van der Waals surface area contributed by atoms with E-state index in [1.807, 2.05) is 31.2 Å². The number of carbonyl (C=O) groups is 2. The van der Waals surface area contributed by atoms with Crippen LogP contribution in [0.15, 0.2) is 54.6 Å². The van der Waals surface area contributed by atoms with Gasteiger partial charge in [0.15, 0.2) is 6.61 Å². The Morgan fingerprint density at radius 3 is 2.42 bits per heavy atom. The maximum atomic E-state index is 12.4. The molecule has 0 aromatic heterocycles. The van der Waals surface area contributed by atoms with Gasteiger partial charge in [-0.05, 0) is 30.7 Å². The first kappa shape index (κ1) is 17.2. The second-order valence-electron chi connectivity index (χ2n) is 5.18. The van der Waals surface area contributed by atoms with Crippen LogP contribution in [0.3, 0.4) is 0 Å². The van der Waals surface area contributed by atoms with Gasteiger partial charge in [-0.2, -0.15) is 5.26 Å². The SMILES string of the molecule is Cc1ccccc1C(=O)OCC(=O)N(CCC#N)c1ccccc1. The van der Waals surface area contributed by atoms with Crippen molar-refractivity contribution in [2.75, 3.05) is 18.1 Å². The van der Waals surface area contributed by atoms with E-state index < -0.39 is 5.97 Å². The number of hydrogen-bond donors (Lipinski definition) is 0. The Hall–Kier alpha value is -3.13. The maximum Gasteiger partial charge on any atom is 0.338 e. The van der Waals surface area contributed by atoms with Crippen molar-refractivity contribution in [1.29, 1.82) is 5.26 Å². The molecule has 2 aromatic rings. The van der Waals surface area contributed by atoms with Crippen molar-refractivity contribution in [3.05, 3.63) is 65.7 Å². The number of benzene rings is 2. The minimum absolute atomic E-state index is 0.201. The molecule has 0 aliphatic carbocycles. The standard InChI is InChI=1S/C19H18N2O3/c1-15-8-5-6-11-17(15)19(23)24-14-18(22)21(13-7-12-20)16-9-3-2-4-10-16/h2-6,8-11H,7,13-14H2,1H3. The molecule has 0 unspecified atom stereocenters. The van der Waals surface area contributed by atoms with Gasteiger partial charge in [0.25, 0.3) is 5.91 Å². The maximum absolute atomic E-state index is 12.4. The molecule has 1 amide bonds. The summed E-state index contributed by atoms with van der Waals surface area (Å²) in [4.78, 5) is 26.0. The summed E-state index contributed by atoms with van der Waals surface area (Å²) in [5.41, 5.74) is 1.90. The summed E-state index contributed by atoms with van der Waals surface area (Å²) < 4.78 is 5.14. The van der Waals surface area contributed by atoms with Gasteiger partial charge in [-0.25, -0.2) is 4.79 Å². The van der Waals surface area contributed by atoms with E-state index >= 15 is 0 Å². The van der Waals surface area contributed by atoms with E-state index in [2.05, 4.69) is 0 Å². The van der Waals surface area contributed by atoms with Crippen molar-refractivity contribution in [2.45, 2.75) is 13.3 Å². The van der Waals surface area contributed by atoms with Crippen LogP contribution < -0.4 is 4.90 Å². The van der Waals surface area contributed by atoms with Crippen molar-refractivity contribution in [2.24, 2.45) is 0 Å². The van der Waals surface area contributed by atoms with Crippen molar-refractivity contribution < 1.29 is 14.3 Å². The zero-order valence-electron chi connectivity index (χ0n) is 13.4. The van der Waals surface area contributed by atoms with Gasteiger partial charge in [0.2, 0.25) is 0 Å². The van der Waals surface area contributed by atoms with Crippen LogP contribution in [0.5, 0.6) is 0 Å². The lowest BCUT2D eigenvalue weighted by molar-refractivity contribution is -0.121. The second kappa shape index (κ2) is 8.49. The van der Waals surface area contributed by atoms with Crippen molar-refractivity contribution in [3.63, 3.8) is 0 Å². The van der Waals surface area contributed by atoms with Gasteiger partial charge in [-0.1, -0.05) is 36.4 Å². The molecule has 2 aromatic carbocycles. The number of carbonyl (C=O) groups excluding carboxylic acids is 2. The Kier molecular flexibility index (Phi) is 6.09. The molecule has 0 aliphatic rings. The Bertz CT molecular complexity index is 751. The van der Waals surface area contributed by atoms with Crippen LogP contribution in [0.2, 0.25) is 0 Å². The number of nitriles is 1. The molecule has 0 aliphatic heterocycles. The number of aryl methyl sites for hydroxylation is 1. The lowest BCUT2D eigenvalue weighted by Crippen LogP contribution is -2.35. The molecule has 122 valence electrons. The third kappa shape index (κ3) is 4.43. The number of anilines is 1. The minimum Gasteiger partial charge on any atom is -0.452 e. The summed E-state index contributed by atoms with van der Waals surface area (Å²) in [6, 6.07) is 18.1. The van der Waals surface area contributed by atoms with Gasteiger partial charge >= 0.3 is 5.97 Å². The van der Waals surface area contributed by atoms with Crippen LogP contribution in [-0.4, -0.2) is 25.0 Å². The molecule has 5 heteroatoms. The van der Waals surface area contributed by atoms with Gasteiger partial charge in [-0.15, -0.1) is 0 Å². The van der Waals surface area contributed by atoms with Crippen LogP contribution in [0.1, 0.15) is 22.3 Å². The Labute approximate surface area is 141 Å². The number of esters is 1. The Morgan fingerprint density at radius 1 is 1.08 bits per heavy atom. The van der Waals surface area contributed by atoms with Crippen molar-refractivity contribution in [3.8, 4) is 6.07 Å². The first-order valence-electron chi connectivity index (χ1n) is 7.58. The minimum atomic E-state index is -0.533. The summed E-state index contributed by atoms with van der Waals surface area (Å²) in [5.74, 6) is -0.895. The van der Waals surface area contributed by atoms with Crippen molar-refractivity contribution >= 4 is 17.6 Å². The van der Waals surface area contributed by atoms with Crippen LogP contribution in [0.25, 0.3) is 0 Å². The van der Waals surface area contributed by atoms with E-state index in [-0.39, 0.29) is 25.5 Å². The predicted molar refractivity (Wildman–Crippen MR) is 90.5 cm³/mol. The van der Waals surface area contributed by atoms with E-state index in [0.717, 1.165) is 5.56 Å². The molecular weight excluding hydrogens is 304 g/mol. The highest BCUT2D eigenvalue weighted by Crippen LogP contribution is 2.15. The number of rotatable bonds is 6. The normalized spacial score (nSPS) is 9.83. The summed E-state index contributed by atoms with van der Waals surface area (Å²) in [7, 11) is 0. The molecule has 0 radical (unpaired) electrons. The van der Waals surface area contributed by atoms with E-state index in [9.17, 15) is 9.59 Å². The average Bonchev–Trinajstić information content (AvgIpc) is 2.61.